The lowest BCUT2D eigenvalue weighted by Gasteiger charge is -2.36. The van der Waals surface area contributed by atoms with Gasteiger partial charge in [-0.3, -0.25) is 0 Å². The van der Waals surface area contributed by atoms with Gasteiger partial charge in [0, 0.05) is 5.92 Å². The number of aliphatic hydroxyl groups is 1. The molecule has 0 heterocycles. The molecule has 0 spiro atoms. The normalized spacial score (nSPS) is 20.0. The van der Waals surface area contributed by atoms with E-state index in [-0.39, 0.29) is 5.92 Å². The van der Waals surface area contributed by atoms with E-state index < -0.39 is 5.60 Å². The summed E-state index contributed by atoms with van der Waals surface area (Å²) in [6.45, 7) is 8.59. The van der Waals surface area contributed by atoms with Crippen LogP contribution in [-0.2, 0) is 0 Å². The Bertz CT molecular complexity index is 399. The van der Waals surface area contributed by atoms with E-state index in [0.29, 0.717) is 5.92 Å². The van der Waals surface area contributed by atoms with Crippen LogP contribution in [0.3, 0.4) is 0 Å². The number of benzene rings is 1. The van der Waals surface area contributed by atoms with Crippen LogP contribution in [-0.4, -0.2) is 10.7 Å². The molecular formula is C17H24O. The summed E-state index contributed by atoms with van der Waals surface area (Å²) in [5.41, 5.74) is 1.79. The fraction of sp³-hybridized carbons (Fsp3) is 0.529. The van der Waals surface area contributed by atoms with Gasteiger partial charge in [-0.05, 0) is 24.3 Å². The third-order valence-corrected chi connectivity index (χ3v) is 4.25. The summed E-state index contributed by atoms with van der Waals surface area (Å²) in [5, 5.41) is 11.0. The fourth-order valence-electron chi connectivity index (χ4n) is 3.12. The molecule has 1 aromatic carbocycles. The molecule has 1 aromatic rings. The van der Waals surface area contributed by atoms with Crippen LogP contribution >= 0.6 is 0 Å². The predicted octanol–water partition coefficient (Wildman–Crippen LogP) is 4.29. The minimum Gasteiger partial charge on any atom is -0.389 e. The van der Waals surface area contributed by atoms with Crippen molar-refractivity contribution in [3.63, 3.8) is 0 Å². The summed E-state index contributed by atoms with van der Waals surface area (Å²) < 4.78 is 0. The molecule has 1 unspecified atom stereocenters. The van der Waals surface area contributed by atoms with Crippen molar-refractivity contribution >= 4 is 0 Å². The standard InChI is InChI=1S/C17H24O/c1-13(2)14(3)16(15-9-5-4-6-10-15)17(18)11-7-8-12-17/h4-6,9-10,13,16,18H,3,7-8,11-12H2,1-2H3. The maximum atomic E-state index is 11.0. The Balaban J connectivity index is 2.38. The highest BCUT2D eigenvalue weighted by Crippen LogP contribution is 2.46. The van der Waals surface area contributed by atoms with Crippen LogP contribution in [0.15, 0.2) is 42.5 Å². The topological polar surface area (TPSA) is 20.2 Å². The molecule has 0 radical (unpaired) electrons. The maximum Gasteiger partial charge on any atom is 0.0753 e. The Morgan fingerprint density at radius 1 is 1.17 bits per heavy atom. The second kappa shape index (κ2) is 5.27. The first-order valence-electron chi connectivity index (χ1n) is 7.00. The lowest BCUT2D eigenvalue weighted by Crippen LogP contribution is -2.35. The van der Waals surface area contributed by atoms with Gasteiger partial charge in [0.2, 0.25) is 0 Å². The molecular weight excluding hydrogens is 220 g/mol. The van der Waals surface area contributed by atoms with Gasteiger partial charge in [-0.2, -0.15) is 0 Å². The molecule has 0 aliphatic heterocycles. The predicted molar refractivity (Wildman–Crippen MR) is 76.6 cm³/mol. The van der Waals surface area contributed by atoms with Gasteiger partial charge in [0.05, 0.1) is 5.60 Å². The van der Waals surface area contributed by atoms with E-state index in [1.807, 2.05) is 18.2 Å². The van der Waals surface area contributed by atoms with E-state index in [1.165, 1.54) is 5.56 Å². The van der Waals surface area contributed by atoms with Crippen molar-refractivity contribution in [3.8, 4) is 0 Å². The molecule has 0 amide bonds. The number of hydrogen-bond donors (Lipinski definition) is 1. The molecule has 1 aliphatic carbocycles. The smallest absolute Gasteiger partial charge is 0.0753 e. The second-order valence-electron chi connectivity index (χ2n) is 5.88. The summed E-state index contributed by atoms with van der Waals surface area (Å²) in [6, 6.07) is 10.4. The van der Waals surface area contributed by atoms with E-state index in [0.717, 1.165) is 31.3 Å². The van der Waals surface area contributed by atoms with Crippen molar-refractivity contribution < 1.29 is 5.11 Å². The van der Waals surface area contributed by atoms with Crippen molar-refractivity contribution in [1.82, 2.24) is 0 Å². The molecule has 2 rings (SSSR count). The van der Waals surface area contributed by atoms with Crippen molar-refractivity contribution in [3.05, 3.63) is 48.0 Å². The molecule has 1 fully saturated rings. The van der Waals surface area contributed by atoms with Gasteiger partial charge < -0.3 is 5.11 Å². The van der Waals surface area contributed by atoms with Crippen molar-refractivity contribution in [2.45, 2.75) is 51.0 Å². The Morgan fingerprint density at radius 3 is 2.22 bits per heavy atom. The second-order valence-corrected chi connectivity index (χ2v) is 5.88. The first-order chi connectivity index (χ1) is 8.54. The summed E-state index contributed by atoms with van der Waals surface area (Å²) in [4.78, 5) is 0. The lowest BCUT2D eigenvalue weighted by atomic mass is 9.73. The van der Waals surface area contributed by atoms with Crippen LogP contribution in [0.2, 0.25) is 0 Å². The van der Waals surface area contributed by atoms with Gasteiger partial charge in [0.15, 0.2) is 0 Å². The summed E-state index contributed by atoms with van der Waals surface area (Å²) >= 11 is 0. The molecule has 1 atom stereocenters. The molecule has 98 valence electrons. The monoisotopic (exact) mass is 244 g/mol. The molecule has 0 bridgehead atoms. The van der Waals surface area contributed by atoms with Gasteiger partial charge in [0.1, 0.15) is 0 Å². The average Bonchev–Trinajstić information content (AvgIpc) is 2.78. The Hall–Kier alpha value is -1.08. The zero-order chi connectivity index (χ0) is 13.2. The zero-order valence-electron chi connectivity index (χ0n) is 11.5. The molecule has 18 heavy (non-hydrogen) atoms. The molecule has 1 heteroatoms. The first-order valence-corrected chi connectivity index (χ1v) is 7.00. The SMILES string of the molecule is C=C(C(C)C)C(c1ccccc1)C1(O)CCCC1. The van der Waals surface area contributed by atoms with Crippen molar-refractivity contribution in [2.75, 3.05) is 0 Å². The van der Waals surface area contributed by atoms with E-state index in [2.05, 4.69) is 32.6 Å². The quantitative estimate of drug-likeness (QED) is 0.783. The van der Waals surface area contributed by atoms with E-state index in [1.54, 1.807) is 0 Å². The first kappa shape index (κ1) is 13.4. The summed E-state index contributed by atoms with van der Waals surface area (Å²) in [5.74, 6) is 0.487. The highest BCUT2D eigenvalue weighted by Gasteiger charge is 2.41. The van der Waals surface area contributed by atoms with E-state index in [4.69, 9.17) is 0 Å². The minimum atomic E-state index is -0.581. The molecule has 1 N–H and O–H groups in total. The largest absolute Gasteiger partial charge is 0.389 e. The van der Waals surface area contributed by atoms with Gasteiger partial charge in [0.25, 0.3) is 0 Å². The van der Waals surface area contributed by atoms with Crippen LogP contribution < -0.4 is 0 Å². The highest BCUT2D eigenvalue weighted by molar-refractivity contribution is 5.33. The van der Waals surface area contributed by atoms with E-state index >= 15 is 0 Å². The Morgan fingerprint density at radius 2 is 1.72 bits per heavy atom. The molecule has 1 saturated carbocycles. The van der Waals surface area contributed by atoms with Gasteiger partial charge in [-0.1, -0.05) is 69.2 Å². The highest BCUT2D eigenvalue weighted by atomic mass is 16.3. The lowest BCUT2D eigenvalue weighted by molar-refractivity contribution is 0.0274. The molecule has 1 nitrogen and oxygen atoms in total. The molecule has 1 aliphatic rings. The third-order valence-electron chi connectivity index (χ3n) is 4.25. The Labute approximate surface area is 111 Å². The summed E-state index contributed by atoms with van der Waals surface area (Å²) in [7, 11) is 0. The maximum absolute atomic E-state index is 11.0. The summed E-state index contributed by atoms with van der Waals surface area (Å²) in [6.07, 6.45) is 4.06. The van der Waals surface area contributed by atoms with Crippen LogP contribution in [0.25, 0.3) is 0 Å². The average molecular weight is 244 g/mol. The van der Waals surface area contributed by atoms with Gasteiger partial charge in [-0.25, -0.2) is 0 Å². The van der Waals surface area contributed by atoms with E-state index in [9.17, 15) is 5.11 Å². The molecule has 0 saturated heterocycles. The van der Waals surface area contributed by atoms with Gasteiger partial charge in [-0.15, -0.1) is 0 Å². The van der Waals surface area contributed by atoms with Crippen LogP contribution in [0.1, 0.15) is 51.0 Å². The van der Waals surface area contributed by atoms with Gasteiger partial charge >= 0.3 is 0 Å². The Kier molecular flexibility index (Phi) is 3.91. The van der Waals surface area contributed by atoms with Crippen LogP contribution in [0.4, 0.5) is 0 Å². The van der Waals surface area contributed by atoms with Crippen LogP contribution in [0, 0.1) is 5.92 Å². The third kappa shape index (κ3) is 2.51. The van der Waals surface area contributed by atoms with Crippen LogP contribution in [0.5, 0.6) is 0 Å². The number of rotatable bonds is 4. The minimum absolute atomic E-state index is 0.0844. The number of hydrogen-bond acceptors (Lipinski definition) is 1. The zero-order valence-corrected chi connectivity index (χ0v) is 11.5. The van der Waals surface area contributed by atoms with Crippen molar-refractivity contribution in [2.24, 2.45) is 5.92 Å². The molecule has 0 aromatic heterocycles. The fourth-order valence-corrected chi connectivity index (χ4v) is 3.12. The van der Waals surface area contributed by atoms with Crippen molar-refractivity contribution in [1.29, 1.82) is 0 Å².